The van der Waals surface area contributed by atoms with Crippen LogP contribution in [0.25, 0.3) is 0 Å². The first kappa shape index (κ1) is 16.5. The number of hydrogen-bond donors (Lipinski definition) is 2. The van der Waals surface area contributed by atoms with E-state index >= 15 is 0 Å². The Morgan fingerprint density at radius 2 is 1.78 bits per heavy atom. The number of aryl methyl sites for hydroxylation is 1. The van der Waals surface area contributed by atoms with Crippen molar-refractivity contribution < 1.29 is 9.59 Å². The van der Waals surface area contributed by atoms with Crippen LogP contribution in [0.3, 0.4) is 0 Å². The average Bonchev–Trinajstić information content (AvgIpc) is 2.92. The standard InChI is InChI=1S/C18H23BrN2O2/c1-11-7-5-6-8-12(11)13(22)20-21-15(23)18-10-9-17(4,14(18)19)16(18,2)3/h5-8,14H,9-10H2,1-4H3,(H,20,22)(H,21,23). The van der Waals surface area contributed by atoms with Crippen LogP contribution in [0.15, 0.2) is 24.3 Å². The van der Waals surface area contributed by atoms with Crippen molar-refractivity contribution >= 4 is 27.7 Å². The van der Waals surface area contributed by atoms with Gasteiger partial charge in [-0.05, 0) is 42.2 Å². The summed E-state index contributed by atoms with van der Waals surface area (Å²) in [7, 11) is 0. The number of rotatable bonds is 2. The third kappa shape index (κ3) is 1.89. The van der Waals surface area contributed by atoms with Crippen LogP contribution in [-0.4, -0.2) is 16.6 Å². The zero-order valence-corrected chi connectivity index (χ0v) is 15.6. The Labute approximate surface area is 145 Å². The Balaban J connectivity index is 1.72. The third-order valence-corrected chi connectivity index (χ3v) is 8.45. The summed E-state index contributed by atoms with van der Waals surface area (Å²) in [6.45, 7) is 8.42. The predicted molar refractivity (Wildman–Crippen MR) is 93.1 cm³/mol. The van der Waals surface area contributed by atoms with Gasteiger partial charge in [-0.15, -0.1) is 0 Å². The molecular formula is C18H23BrN2O2. The maximum absolute atomic E-state index is 12.8. The van der Waals surface area contributed by atoms with Crippen LogP contribution in [0.1, 0.15) is 49.5 Å². The normalized spacial score (nSPS) is 33.7. The minimum absolute atomic E-state index is 0.0916. The Kier molecular flexibility index (Phi) is 3.63. The highest BCUT2D eigenvalue weighted by molar-refractivity contribution is 9.09. The van der Waals surface area contributed by atoms with Gasteiger partial charge in [0.2, 0.25) is 5.91 Å². The van der Waals surface area contributed by atoms with E-state index in [2.05, 4.69) is 47.6 Å². The number of alkyl halides is 1. The molecule has 0 spiro atoms. The number of amides is 2. The van der Waals surface area contributed by atoms with E-state index in [9.17, 15) is 9.59 Å². The van der Waals surface area contributed by atoms with E-state index in [1.807, 2.05) is 25.1 Å². The lowest BCUT2D eigenvalue weighted by Crippen LogP contribution is -2.70. The maximum Gasteiger partial charge on any atom is 0.269 e. The minimum Gasteiger partial charge on any atom is -0.273 e. The Hall–Kier alpha value is -1.36. The molecular weight excluding hydrogens is 356 g/mol. The predicted octanol–water partition coefficient (Wildman–Crippen LogP) is 3.35. The van der Waals surface area contributed by atoms with Gasteiger partial charge in [-0.1, -0.05) is 54.9 Å². The fourth-order valence-corrected chi connectivity index (χ4v) is 6.39. The van der Waals surface area contributed by atoms with Crippen LogP contribution in [0, 0.1) is 23.2 Å². The lowest BCUT2D eigenvalue weighted by atomic mass is 9.43. The first-order valence-electron chi connectivity index (χ1n) is 7.99. The van der Waals surface area contributed by atoms with Gasteiger partial charge in [0.25, 0.3) is 5.91 Å². The summed E-state index contributed by atoms with van der Waals surface area (Å²) in [5.74, 6) is -0.377. The lowest BCUT2D eigenvalue weighted by molar-refractivity contribution is -0.162. The van der Waals surface area contributed by atoms with Crippen molar-refractivity contribution in [1.29, 1.82) is 0 Å². The van der Waals surface area contributed by atoms with E-state index in [1.54, 1.807) is 6.07 Å². The summed E-state index contributed by atoms with van der Waals surface area (Å²) in [5.41, 5.74) is 6.28. The maximum atomic E-state index is 12.8. The number of fused-ring (bicyclic) bond motifs is 1. The molecule has 23 heavy (non-hydrogen) atoms. The van der Waals surface area contributed by atoms with Crippen LogP contribution in [0.4, 0.5) is 0 Å². The van der Waals surface area contributed by atoms with Crippen molar-refractivity contribution in [2.75, 3.05) is 0 Å². The van der Waals surface area contributed by atoms with Gasteiger partial charge in [-0.2, -0.15) is 0 Å². The quantitative estimate of drug-likeness (QED) is 0.612. The van der Waals surface area contributed by atoms with Crippen molar-refractivity contribution in [2.24, 2.45) is 16.2 Å². The number of halogens is 1. The summed E-state index contributed by atoms with van der Waals surface area (Å²) < 4.78 is 0. The van der Waals surface area contributed by atoms with E-state index in [0.717, 1.165) is 18.4 Å². The van der Waals surface area contributed by atoms with Crippen LogP contribution in [0.5, 0.6) is 0 Å². The van der Waals surface area contributed by atoms with E-state index in [0.29, 0.717) is 5.56 Å². The molecule has 1 aromatic carbocycles. The van der Waals surface area contributed by atoms with Gasteiger partial charge in [0, 0.05) is 10.4 Å². The second-order valence-electron chi connectivity index (χ2n) is 7.60. The fraction of sp³-hybridized carbons (Fsp3) is 0.556. The summed E-state index contributed by atoms with van der Waals surface area (Å²) in [5, 5.41) is 0. The molecule has 0 aliphatic heterocycles. The van der Waals surface area contributed by atoms with Crippen molar-refractivity contribution in [3.63, 3.8) is 0 Å². The molecule has 2 N–H and O–H groups in total. The molecule has 0 aromatic heterocycles. The van der Waals surface area contributed by atoms with E-state index in [-0.39, 0.29) is 27.5 Å². The van der Waals surface area contributed by atoms with Crippen LogP contribution in [0.2, 0.25) is 0 Å². The molecule has 124 valence electrons. The Bertz CT molecular complexity index is 687. The van der Waals surface area contributed by atoms with Crippen LogP contribution >= 0.6 is 15.9 Å². The largest absolute Gasteiger partial charge is 0.273 e. The highest BCUT2D eigenvalue weighted by atomic mass is 79.9. The van der Waals surface area contributed by atoms with Crippen molar-refractivity contribution in [3.8, 4) is 0 Å². The lowest BCUT2D eigenvalue weighted by Gasteiger charge is -2.64. The molecule has 3 unspecified atom stereocenters. The molecule has 3 aliphatic rings. The fourth-order valence-electron chi connectivity index (χ4n) is 4.58. The Morgan fingerprint density at radius 1 is 1.13 bits per heavy atom. The van der Waals surface area contributed by atoms with E-state index in [1.165, 1.54) is 0 Å². The summed E-state index contributed by atoms with van der Waals surface area (Å²) >= 11 is 3.73. The van der Waals surface area contributed by atoms with Crippen LogP contribution < -0.4 is 10.9 Å². The smallest absolute Gasteiger partial charge is 0.269 e. The summed E-state index contributed by atoms with van der Waals surface area (Å²) in [6.07, 6.45) is 1.87. The number of carbonyl (C=O) groups excluding carboxylic acids is 2. The third-order valence-electron chi connectivity index (χ3n) is 6.66. The molecule has 3 aliphatic carbocycles. The second kappa shape index (κ2) is 5.07. The molecule has 0 saturated heterocycles. The molecule has 3 fully saturated rings. The van der Waals surface area contributed by atoms with Gasteiger partial charge in [0.05, 0.1) is 5.41 Å². The highest BCUT2D eigenvalue weighted by Crippen LogP contribution is 2.79. The molecule has 3 atom stereocenters. The average molecular weight is 379 g/mol. The first-order chi connectivity index (χ1) is 10.7. The SMILES string of the molecule is Cc1ccccc1C(=O)NNC(=O)C12CCC(C)(C1Br)C2(C)C. The monoisotopic (exact) mass is 378 g/mol. The molecule has 0 heterocycles. The second-order valence-corrected chi connectivity index (χ2v) is 8.52. The van der Waals surface area contributed by atoms with Crippen molar-refractivity contribution in [3.05, 3.63) is 35.4 Å². The van der Waals surface area contributed by atoms with Gasteiger partial charge in [0.15, 0.2) is 0 Å². The molecule has 4 rings (SSSR count). The zero-order chi connectivity index (χ0) is 17.0. The molecule has 2 bridgehead atoms. The van der Waals surface area contributed by atoms with Crippen LogP contribution in [-0.2, 0) is 4.79 Å². The number of hydrazine groups is 1. The van der Waals surface area contributed by atoms with Crippen molar-refractivity contribution in [2.45, 2.75) is 45.4 Å². The van der Waals surface area contributed by atoms with Gasteiger partial charge < -0.3 is 0 Å². The van der Waals surface area contributed by atoms with Crippen molar-refractivity contribution in [1.82, 2.24) is 10.9 Å². The molecule has 3 saturated carbocycles. The van der Waals surface area contributed by atoms with Gasteiger partial charge in [0.1, 0.15) is 0 Å². The minimum atomic E-state index is -0.458. The van der Waals surface area contributed by atoms with Gasteiger partial charge in [-0.3, -0.25) is 20.4 Å². The topological polar surface area (TPSA) is 58.2 Å². The number of hydrogen-bond acceptors (Lipinski definition) is 2. The van der Waals surface area contributed by atoms with Gasteiger partial charge in [-0.25, -0.2) is 0 Å². The molecule has 2 amide bonds. The molecule has 1 aromatic rings. The first-order valence-corrected chi connectivity index (χ1v) is 8.90. The zero-order valence-electron chi connectivity index (χ0n) is 14.0. The molecule has 5 heteroatoms. The summed E-state index contributed by atoms with van der Waals surface area (Å²) in [4.78, 5) is 25.3. The Morgan fingerprint density at radius 3 is 2.30 bits per heavy atom. The number of nitrogens with one attached hydrogen (secondary N) is 2. The molecule has 4 nitrogen and oxygen atoms in total. The highest BCUT2D eigenvalue weighted by Gasteiger charge is 2.80. The number of carbonyl (C=O) groups is 2. The number of benzene rings is 1. The van der Waals surface area contributed by atoms with Gasteiger partial charge >= 0.3 is 0 Å². The summed E-state index contributed by atoms with van der Waals surface area (Å²) in [6, 6.07) is 7.33. The molecule has 0 radical (unpaired) electrons. The van der Waals surface area contributed by atoms with E-state index < -0.39 is 5.41 Å². The van der Waals surface area contributed by atoms with E-state index in [4.69, 9.17) is 0 Å².